The van der Waals surface area contributed by atoms with Crippen molar-refractivity contribution in [1.29, 1.82) is 0 Å². The molecule has 0 aromatic rings. The third-order valence-electron chi connectivity index (χ3n) is 2.34. The fraction of sp³-hybridized carbons (Fsp3) is 0.889. The quantitative estimate of drug-likeness (QED) is 0.561. The van der Waals surface area contributed by atoms with Crippen LogP contribution in [0.3, 0.4) is 0 Å². The van der Waals surface area contributed by atoms with Gasteiger partial charge < -0.3 is 24.3 Å². The van der Waals surface area contributed by atoms with Crippen LogP contribution in [0.1, 0.15) is 13.3 Å². The molecule has 8 heteroatoms. The lowest BCUT2D eigenvalue weighted by Gasteiger charge is -2.35. The molecule has 0 rings (SSSR count). The summed E-state index contributed by atoms with van der Waals surface area (Å²) in [4.78, 5) is 10.6. The fourth-order valence-corrected chi connectivity index (χ4v) is 3.76. The van der Waals surface area contributed by atoms with Crippen LogP contribution < -0.4 is 11.1 Å². The van der Waals surface area contributed by atoms with E-state index < -0.39 is 15.0 Å². The highest BCUT2D eigenvalue weighted by atomic mass is 28.4. The first-order valence-corrected chi connectivity index (χ1v) is 7.17. The maximum absolute atomic E-state index is 10.6. The van der Waals surface area contributed by atoms with Crippen molar-refractivity contribution in [1.82, 2.24) is 9.88 Å². The van der Waals surface area contributed by atoms with Gasteiger partial charge >= 0.3 is 15.0 Å². The Morgan fingerprint density at radius 3 is 2.12 bits per heavy atom. The average molecular weight is 265 g/mol. The van der Waals surface area contributed by atoms with E-state index in [4.69, 9.17) is 19.0 Å². The molecule has 0 aliphatic rings. The maximum atomic E-state index is 10.6. The minimum atomic E-state index is -2.80. The van der Waals surface area contributed by atoms with E-state index in [1.54, 1.807) is 21.3 Å². The molecule has 0 fully saturated rings. The summed E-state index contributed by atoms with van der Waals surface area (Å²) >= 11 is 0. The van der Waals surface area contributed by atoms with Crippen molar-refractivity contribution in [3.8, 4) is 0 Å². The second kappa shape index (κ2) is 8.42. The Kier molecular flexibility index (Phi) is 8.09. The van der Waals surface area contributed by atoms with Crippen molar-refractivity contribution in [3.05, 3.63) is 0 Å². The van der Waals surface area contributed by atoms with Gasteiger partial charge in [-0.2, -0.15) is 0 Å². The number of carbonyl (C=O) groups excluding carboxylic acids is 1. The van der Waals surface area contributed by atoms with Crippen molar-refractivity contribution in [2.24, 2.45) is 5.73 Å². The molecule has 0 unspecified atom stereocenters. The summed E-state index contributed by atoms with van der Waals surface area (Å²) in [6.45, 7) is 3.82. The predicted octanol–water partition coefficient (Wildman–Crippen LogP) is -0.258. The zero-order chi connectivity index (χ0) is 13.3. The highest BCUT2D eigenvalue weighted by Gasteiger charge is 2.45. The molecular formula is C9H23N3O4Si. The zero-order valence-electron chi connectivity index (χ0n) is 11.0. The van der Waals surface area contributed by atoms with Crippen LogP contribution in [0.5, 0.6) is 0 Å². The summed E-state index contributed by atoms with van der Waals surface area (Å²) in [6.07, 6.45) is 0.932. The number of nitrogens with one attached hydrogen (secondary N) is 1. The van der Waals surface area contributed by atoms with Crippen LogP contribution in [0, 0.1) is 0 Å². The molecular weight excluding hydrogens is 242 g/mol. The molecule has 0 spiro atoms. The SMILES string of the molecule is CCCN(CCNC(N)=O)[Si](OC)(OC)OC. The number of nitrogens with two attached hydrogens (primary N) is 1. The number of nitrogens with zero attached hydrogens (tertiary/aromatic N) is 1. The van der Waals surface area contributed by atoms with E-state index in [-0.39, 0.29) is 0 Å². The molecule has 0 aliphatic carbocycles. The maximum Gasteiger partial charge on any atom is 0.598 e. The Morgan fingerprint density at radius 1 is 1.24 bits per heavy atom. The standard InChI is InChI=1S/C9H23N3O4Si/c1-5-7-12(8-6-11-9(10)13)17(14-2,15-3)16-4/h5-8H2,1-4H3,(H3,10,11,13). The molecule has 0 saturated heterocycles. The molecule has 0 saturated carbocycles. The summed E-state index contributed by atoms with van der Waals surface area (Å²) in [5, 5.41) is 2.53. The summed E-state index contributed by atoms with van der Waals surface area (Å²) in [7, 11) is 1.88. The first-order valence-electron chi connectivity index (χ1n) is 5.50. The second-order valence-corrected chi connectivity index (χ2v) is 6.32. The Morgan fingerprint density at radius 2 is 1.76 bits per heavy atom. The van der Waals surface area contributed by atoms with Crippen molar-refractivity contribution >= 4 is 15.0 Å². The van der Waals surface area contributed by atoms with E-state index >= 15 is 0 Å². The third kappa shape index (κ3) is 5.00. The first kappa shape index (κ1) is 16.3. The Labute approximate surface area is 104 Å². The molecule has 7 nitrogen and oxygen atoms in total. The Hall–Kier alpha value is -0.673. The molecule has 0 aliphatic heterocycles. The molecule has 0 aromatic heterocycles. The minimum Gasteiger partial charge on any atom is -0.364 e. The van der Waals surface area contributed by atoms with E-state index in [9.17, 15) is 4.79 Å². The van der Waals surface area contributed by atoms with E-state index in [0.717, 1.165) is 13.0 Å². The largest absolute Gasteiger partial charge is 0.598 e. The number of rotatable bonds is 9. The summed E-state index contributed by atoms with van der Waals surface area (Å²) < 4.78 is 18.1. The van der Waals surface area contributed by atoms with E-state index in [1.165, 1.54) is 0 Å². The number of primary amides is 1. The van der Waals surface area contributed by atoms with Gasteiger partial charge in [-0.15, -0.1) is 0 Å². The van der Waals surface area contributed by atoms with Crippen LogP contribution in [0.4, 0.5) is 4.79 Å². The smallest absolute Gasteiger partial charge is 0.364 e. The molecule has 0 heterocycles. The highest BCUT2D eigenvalue weighted by molar-refractivity contribution is 6.57. The molecule has 0 radical (unpaired) electrons. The highest BCUT2D eigenvalue weighted by Crippen LogP contribution is 2.13. The monoisotopic (exact) mass is 265 g/mol. The van der Waals surface area contributed by atoms with Crippen LogP contribution in [-0.2, 0) is 13.3 Å². The molecule has 0 atom stereocenters. The van der Waals surface area contributed by atoms with Gasteiger partial charge in [0.25, 0.3) is 0 Å². The van der Waals surface area contributed by atoms with Crippen molar-refractivity contribution in [3.63, 3.8) is 0 Å². The average Bonchev–Trinajstić information content (AvgIpc) is 2.31. The Bertz CT molecular complexity index is 218. The minimum absolute atomic E-state index is 0.431. The van der Waals surface area contributed by atoms with Gasteiger partial charge in [0, 0.05) is 34.4 Å². The van der Waals surface area contributed by atoms with Crippen molar-refractivity contribution in [2.75, 3.05) is 41.0 Å². The second-order valence-electron chi connectivity index (χ2n) is 3.41. The number of urea groups is 1. The summed E-state index contributed by atoms with van der Waals surface area (Å²) in [6, 6.07) is -0.541. The van der Waals surface area contributed by atoms with Gasteiger partial charge in [-0.25, -0.2) is 4.79 Å². The van der Waals surface area contributed by atoms with Gasteiger partial charge in [0.2, 0.25) is 0 Å². The van der Waals surface area contributed by atoms with Gasteiger partial charge in [0.05, 0.1) is 0 Å². The van der Waals surface area contributed by atoms with Crippen LogP contribution in [-0.4, -0.2) is 60.5 Å². The van der Waals surface area contributed by atoms with Crippen molar-refractivity contribution in [2.45, 2.75) is 13.3 Å². The first-order chi connectivity index (χ1) is 8.06. The van der Waals surface area contributed by atoms with Gasteiger partial charge in [0.1, 0.15) is 0 Å². The van der Waals surface area contributed by atoms with Gasteiger partial charge in [-0.3, -0.25) is 4.57 Å². The molecule has 0 aromatic carbocycles. The lowest BCUT2D eigenvalue weighted by molar-refractivity contribution is 0.0577. The number of hydrogen-bond donors (Lipinski definition) is 2. The zero-order valence-corrected chi connectivity index (χ0v) is 12.0. The van der Waals surface area contributed by atoms with Gasteiger partial charge in [0.15, 0.2) is 0 Å². The molecule has 3 N–H and O–H groups in total. The van der Waals surface area contributed by atoms with Gasteiger partial charge in [-0.05, 0) is 13.0 Å². The number of hydrogen-bond acceptors (Lipinski definition) is 5. The van der Waals surface area contributed by atoms with E-state index in [2.05, 4.69) is 12.2 Å². The van der Waals surface area contributed by atoms with Crippen LogP contribution in [0.2, 0.25) is 0 Å². The Balaban J connectivity index is 4.50. The van der Waals surface area contributed by atoms with Crippen LogP contribution >= 0.6 is 0 Å². The molecule has 102 valence electrons. The lowest BCUT2D eigenvalue weighted by Crippen LogP contribution is -2.61. The van der Waals surface area contributed by atoms with Crippen LogP contribution in [0.15, 0.2) is 0 Å². The molecule has 17 heavy (non-hydrogen) atoms. The third-order valence-corrected chi connectivity index (χ3v) is 5.11. The van der Waals surface area contributed by atoms with Crippen LogP contribution in [0.25, 0.3) is 0 Å². The molecule has 2 amide bonds. The summed E-state index contributed by atoms with van der Waals surface area (Å²) in [5.41, 5.74) is 5.01. The normalized spacial score (nSPS) is 11.8. The molecule has 0 bridgehead atoms. The number of carbonyl (C=O) groups is 1. The van der Waals surface area contributed by atoms with Gasteiger partial charge in [-0.1, -0.05) is 6.92 Å². The summed E-state index contributed by atoms with van der Waals surface area (Å²) in [5.74, 6) is 0. The van der Waals surface area contributed by atoms with E-state index in [0.29, 0.717) is 13.1 Å². The van der Waals surface area contributed by atoms with Crippen molar-refractivity contribution < 1.29 is 18.1 Å². The fourth-order valence-electron chi connectivity index (χ4n) is 1.61. The van der Waals surface area contributed by atoms with E-state index in [1.807, 2.05) is 4.57 Å². The lowest BCUT2D eigenvalue weighted by atomic mass is 10.5. The predicted molar refractivity (Wildman–Crippen MR) is 66.2 cm³/mol. The topological polar surface area (TPSA) is 86.1 Å². The number of amides is 2.